The summed E-state index contributed by atoms with van der Waals surface area (Å²) in [7, 11) is 0. The Morgan fingerprint density at radius 1 is 1.22 bits per heavy atom. The highest BCUT2D eigenvalue weighted by Crippen LogP contribution is 2.34. The normalized spacial score (nSPS) is 16.5. The van der Waals surface area contributed by atoms with Crippen molar-refractivity contribution in [3.05, 3.63) is 64.3 Å². The van der Waals surface area contributed by atoms with E-state index in [4.69, 9.17) is 4.42 Å². The molecule has 3 aromatic rings. The van der Waals surface area contributed by atoms with Crippen molar-refractivity contribution in [1.82, 2.24) is 15.1 Å². The van der Waals surface area contributed by atoms with Gasteiger partial charge in [0, 0.05) is 12.2 Å². The molecule has 1 fully saturated rings. The first-order valence-corrected chi connectivity index (χ1v) is 9.18. The van der Waals surface area contributed by atoms with Gasteiger partial charge < -0.3 is 14.6 Å². The highest BCUT2D eigenvalue weighted by Gasteiger charge is 2.34. The predicted octanol–water partition coefficient (Wildman–Crippen LogP) is 3.50. The fraction of sp³-hybridized carbons (Fsp3) is 0.222. The molecule has 2 aromatic heterocycles. The number of rotatable bonds is 4. The van der Waals surface area contributed by atoms with Crippen LogP contribution in [0.25, 0.3) is 0 Å². The number of nitrogens with one attached hydrogen (secondary N) is 1. The molecule has 1 aliphatic rings. The van der Waals surface area contributed by atoms with Crippen LogP contribution in [0.4, 0.5) is 10.1 Å². The van der Waals surface area contributed by atoms with E-state index in [9.17, 15) is 14.0 Å². The molecule has 0 saturated carbocycles. The zero-order chi connectivity index (χ0) is 18.8. The minimum atomic E-state index is -0.424. The predicted molar refractivity (Wildman–Crippen MR) is 96.0 cm³/mol. The molecule has 0 spiro atoms. The van der Waals surface area contributed by atoms with Gasteiger partial charge in [0.25, 0.3) is 11.8 Å². The van der Waals surface area contributed by atoms with E-state index in [1.807, 2.05) is 0 Å². The van der Waals surface area contributed by atoms with Gasteiger partial charge in [-0.1, -0.05) is 11.3 Å². The molecule has 7 nitrogen and oxygen atoms in total. The first-order valence-electron chi connectivity index (χ1n) is 8.36. The van der Waals surface area contributed by atoms with Crippen LogP contribution in [0.1, 0.15) is 44.2 Å². The van der Waals surface area contributed by atoms with Crippen molar-refractivity contribution in [2.45, 2.75) is 18.9 Å². The maximum Gasteiger partial charge on any atom is 0.290 e. The number of hydrogen-bond acceptors (Lipinski definition) is 6. The summed E-state index contributed by atoms with van der Waals surface area (Å²) >= 11 is 1.15. The summed E-state index contributed by atoms with van der Waals surface area (Å²) in [4.78, 5) is 26.6. The van der Waals surface area contributed by atoms with Crippen molar-refractivity contribution in [3.63, 3.8) is 0 Å². The number of aromatic nitrogens is 2. The summed E-state index contributed by atoms with van der Waals surface area (Å²) in [6.45, 7) is 0.598. The van der Waals surface area contributed by atoms with Gasteiger partial charge in [-0.3, -0.25) is 9.59 Å². The number of hydrogen-bond donors (Lipinski definition) is 1. The van der Waals surface area contributed by atoms with Crippen molar-refractivity contribution in [2.75, 3.05) is 11.9 Å². The molecule has 9 heteroatoms. The molecule has 0 bridgehead atoms. The number of furan rings is 1. The monoisotopic (exact) mass is 386 g/mol. The number of likely N-dealkylation sites (tertiary alicyclic amines) is 1. The first kappa shape index (κ1) is 17.3. The summed E-state index contributed by atoms with van der Waals surface area (Å²) < 4.78 is 18.2. The number of carbonyl (C=O) groups is 2. The van der Waals surface area contributed by atoms with Crippen LogP contribution in [-0.2, 0) is 0 Å². The largest absolute Gasteiger partial charge is 0.459 e. The molecule has 1 aromatic carbocycles. The fourth-order valence-corrected chi connectivity index (χ4v) is 3.87. The van der Waals surface area contributed by atoms with E-state index < -0.39 is 5.91 Å². The van der Waals surface area contributed by atoms with Crippen LogP contribution in [-0.4, -0.2) is 33.5 Å². The van der Waals surface area contributed by atoms with Gasteiger partial charge in [0.15, 0.2) is 5.76 Å². The summed E-state index contributed by atoms with van der Waals surface area (Å²) in [6.07, 6.45) is 3.05. The van der Waals surface area contributed by atoms with Crippen LogP contribution in [0, 0.1) is 5.82 Å². The van der Waals surface area contributed by atoms with Crippen molar-refractivity contribution < 1.29 is 18.4 Å². The molecular formula is C18H15FN4O3S. The number of carbonyl (C=O) groups excluding carboxylic acids is 2. The van der Waals surface area contributed by atoms with E-state index in [0.29, 0.717) is 17.2 Å². The van der Waals surface area contributed by atoms with Gasteiger partial charge in [-0.05, 0) is 49.2 Å². The van der Waals surface area contributed by atoms with Gasteiger partial charge in [-0.2, -0.15) is 0 Å². The smallest absolute Gasteiger partial charge is 0.290 e. The van der Waals surface area contributed by atoms with Crippen LogP contribution in [0.3, 0.4) is 0 Å². The number of halogens is 1. The fourth-order valence-electron chi connectivity index (χ4n) is 2.99. The molecule has 2 amide bonds. The number of anilines is 1. The number of nitrogens with zero attached hydrogens (tertiary/aromatic N) is 3. The third-order valence-electron chi connectivity index (χ3n) is 4.27. The Hall–Kier alpha value is -3.07. The average Bonchev–Trinajstić information content (AvgIpc) is 3.42. The molecule has 3 heterocycles. The van der Waals surface area contributed by atoms with Crippen molar-refractivity contribution in [3.8, 4) is 0 Å². The minimum absolute atomic E-state index is 0.187. The van der Waals surface area contributed by atoms with E-state index in [0.717, 1.165) is 24.2 Å². The minimum Gasteiger partial charge on any atom is -0.459 e. The number of amides is 2. The Morgan fingerprint density at radius 3 is 2.78 bits per heavy atom. The Kier molecular flexibility index (Phi) is 4.68. The standard InChI is InChI=1S/C18H15FN4O3S/c19-11-5-7-12(8-6-11)20-15(24)17-22-21-16(27-17)13-3-1-9-23(13)18(25)14-4-2-10-26-14/h2,4-8,10,13H,1,3,9H2,(H,20,24)/t13-/m0/s1. The van der Waals surface area contributed by atoms with Crippen molar-refractivity contribution in [1.29, 1.82) is 0 Å². The average molecular weight is 386 g/mol. The molecule has 0 aliphatic carbocycles. The lowest BCUT2D eigenvalue weighted by atomic mass is 10.2. The Labute approximate surface area is 157 Å². The SMILES string of the molecule is O=C(Nc1ccc(F)cc1)c1nnc([C@@H]2CCCN2C(=O)c2ccco2)s1. The van der Waals surface area contributed by atoms with Gasteiger partial charge in [0.2, 0.25) is 5.01 Å². The van der Waals surface area contributed by atoms with Crippen molar-refractivity contribution in [2.24, 2.45) is 0 Å². The van der Waals surface area contributed by atoms with Gasteiger partial charge in [0.1, 0.15) is 10.8 Å². The lowest BCUT2D eigenvalue weighted by Crippen LogP contribution is -2.30. The van der Waals surface area contributed by atoms with Crippen LogP contribution < -0.4 is 5.32 Å². The maximum atomic E-state index is 13.0. The topological polar surface area (TPSA) is 88.3 Å². The summed E-state index contributed by atoms with van der Waals surface area (Å²) in [6, 6.07) is 8.52. The zero-order valence-electron chi connectivity index (χ0n) is 14.1. The van der Waals surface area contributed by atoms with Crippen LogP contribution in [0.15, 0.2) is 47.1 Å². The van der Waals surface area contributed by atoms with E-state index in [2.05, 4.69) is 15.5 Å². The molecule has 0 unspecified atom stereocenters. The Balaban J connectivity index is 1.48. The third-order valence-corrected chi connectivity index (χ3v) is 5.29. The third kappa shape index (κ3) is 3.59. The van der Waals surface area contributed by atoms with Gasteiger partial charge in [-0.15, -0.1) is 10.2 Å². The van der Waals surface area contributed by atoms with E-state index in [1.54, 1.807) is 17.0 Å². The van der Waals surface area contributed by atoms with E-state index in [-0.39, 0.29) is 28.5 Å². The highest BCUT2D eigenvalue weighted by atomic mass is 32.1. The second-order valence-corrected chi connectivity index (χ2v) is 7.05. The molecule has 27 heavy (non-hydrogen) atoms. The second-order valence-electron chi connectivity index (χ2n) is 6.04. The Morgan fingerprint density at radius 2 is 2.04 bits per heavy atom. The lowest BCUT2D eigenvalue weighted by Gasteiger charge is -2.21. The maximum absolute atomic E-state index is 13.0. The van der Waals surface area contributed by atoms with Gasteiger partial charge in [-0.25, -0.2) is 4.39 Å². The molecule has 1 atom stereocenters. The lowest BCUT2D eigenvalue weighted by molar-refractivity contribution is 0.0702. The first-order chi connectivity index (χ1) is 13.1. The van der Waals surface area contributed by atoms with Gasteiger partial charge >= 0.3 is 0 Å². The van der Waals surface area contributed by atoms with Crippen LogP contribution in [0.5, 0.6) is 0 Å². The summed E-state index contributed by atoms with van der Waals surface area (Å²) in [5.41, 5.74) is 0.466. The molecule has 0 radical (unpaired) electrons. The molecule has 138 valence electrons. The summed E-state index contributed by atoms with van der Waals surface area (Å²) in [5.74, 6) is -0.725. The molecule has 1 saturated heterocycles. The zero-order valence-corrected chi connectivity index (χ0v) is 14.9. The second kappa shape index (κ2) is 7.28. The summed E-state index contributed by atoms with van der Waals surface area (Å²) in [5, 5.41) is 11.5. The number of benzene rings is 1. The van der Waals surface area contributed by atoms with E-state index in [1.165, 1.54) is 30.5 Å². The van der Waals surface area contributed by atoms with Crippen LogP contribution in [0.2, 0.25) is 0 Å². The van der Waals surface area contributed by atoms with Crippen molar-refractivity contribution >= 4 is 28.8 Å². The highest BCUT2D eigenvalue weighted by molar-refractivity contribution is 7.13. The molecule has 4 rings (SSSR count). The van der Waals surface area contributed by atoms with Gasteiger partial charge in [0.05, 0.1) is 12.3 Å². The van der Waals surface area contributed by atoms with E-state index >= 15 is 0 Å². The molecular weight excluding hydrogens is 371 g/mol. The quantitative estimate of drug-likeness (QED) is 0.741. The molecule has 1 aliphatic heterocycles. The van der Waals surface area contributed by atoms with Crippen LogP contribution >= 0.6 is 11.3 Å². The Bertz CT molecular complexity index is 955. The molecule has 1 N–H and O–H groups in total.